The van der Waals surface area contributed by atoms with E-state index in [0.29, 0.717) is 12.8 Å². The average Bonchev–Trinajstić information content (AvgIpc) is 2.64. The molecule has 3 N–H and O–H groups in total. The van der Waals surface area contributed by atoms with Crippen molar-refractivity contribution in [3.8, 4) is 0 Å². The standard InChI is InChI=1S/C13H15N3O2/c1-16-12(18)15-11(17)7-13(16)5-8-2-3-10(14)4-9(8)6-13/h2-4H,5-7,14H2,1H3,(H,15,17,18). The van der Waals surface area contributed by atoms with Crippen molar-refractivity contribution < 1.29 is 9.59 Å². The summed E-state index contributed by atoms with van der Waals surface area (Å²) in [4.78, 5) is 25.0. The predicted molar refractivity (Wildman–Crippen MR) is 66.9 cm³/mol. The normalized spacial score (nSPS) is 26.4. The molecule has 0 aromatic heterocycles. The molecule has 0 radical (unpaired) electrons. The SMILES string of the molecule is CN1C(=O)NC(=O)CC12Cc1ccc(N)cc1C2. The Morgan fingerprint density at radius 2 is 1.94 bits per heavy atom. The molecule has 3 amide bonds. The number of imide groups is 1. The Kier molecular flexibility index (Phi) is 2.14. The van der Waals surface area contributed by atoms with Gasteiger partial charge in [-0.1, -0.05) is 6.07 Å². The third-order valence-electron chi connectivity index (χ3n) is 4.02. The van der Waals surface area contributed by atoms with E-state index in [4.69, 9.17) is 5.73 Å². The first kappa shape index (κ1) is 11.1. The summed E-state index contributed by atoms with van der Waals surface area (Å²) in [6.07, 6.45) is 1.77. The second-order valence-electron chi connectivity index (χ2n) is 5.20. The lowest BCUT2D eigenvalue weighted by Gasteiger charge is -2.41. The Morgan fingerprint density at radius 1 is 1.22 bits per heavy atom. The minimum Gasteiger partial charge on any atom is -0.399 e. The van der Waals surface area contributed by atoms with E-state index in [1.807, 2.05) is 18.2 Å². The summed E-state index contributed by atoms with van der Waals surface area (Å²) in [5.41, 5.74) is 8.42. The molecule has 94 valence electrons. The van der Waals surface area contributed by atoms with E-state index in [-0.39, 0.29) is 11.9 Å². The highest BCUT2D eigenvalue weighted by molar-refractivity contribution is 5.98. The first-order valence-corrected chi connectivity index (χ1v) is 5.95. The summed E-state index contributed by atoms with van der Waals surface area (Å²) in [6.45, 7) is 0. The highest BCUT2D eigenvalue weighted by Crippen LogP contribution is 2.38. The van der Waals surface area contributed by atoms with Crippen LogP contribution in [0.5, 0.6) is 0 Å². The first-order chi connectivity index (χ1) is 8.50. The fourth-order valence-electron chi connectivity index (χ4n) is 3.00. The largest absolute Gasteiger partial charge is 0.399 e. The van der Waals surface area contributed by atoms with Crippen LogP contribution in [0.1, 0.15) is 17.5 Å². The van der Waals surface area contributed by atoms with Gasteiger partial charge in [-0.3, -0.25) is 10.1 Å². The minimum atomic E-state index is -0.407. The fourth-order valence-corrected chi connectivity index (χ4v) is 3.00. The molecule has 1 fully saturated rings. The van der Waals surface area contributed by atoms with E-state index >= 15 is 0 Å². The Bertz CT molecular complexity index is 555. The van der Waals surface area contributed by atoms with Crippen LogP contribution in [0.3, 0.4) is 0 Å². The Hall–Kier alpha value is -2.04. The number of benzene rings is 1. The molecule has 1 aromatic rings. The maximum atomic E-state index is 11.8. The number of rotatable bonds is 0. The number of fused-ring (bicyclic) bond motifs is 1. The molecule has 5 heteroatoms. The van der Waals surface area contributed by atoms with Crippen molar-refractivity contribution >= 4 is 17.6 Å². The molecule has 1 unspecified atom stereocenters. The van der Waals surface area contributed by atoms with Crippen molar-refractivity contribution in [3.05, 3.63) is 29.3 Å². The summed E-state index contributed by atoms with van der Waals surface area (Å²) in [5, 5.41) is 2.34. The molecule has 0 bridgehead atoms. The third kappa shape index (κ3) is 1.47. The van der Waals surface area contributed by atoms with Crippen LogP contribution in [0, 0.1) is 0 Å². The monoisotopic (exact) mass is 245 g/mol. The van der Waals surface area contributed by atoms with Gasteiger partial charge in [0, 0.05) is 12.7 Å². The van der Waals surface area contributed by atoms with Crippen LogP contribution in [0.15, 0.2) is 18.2 Å². The lowest BCUT2D eigenvalue weighted by Crippen LogP contribution is -2.61. The molecular weight excluding hydrogens is 230 g/mol. The molecule has 1 saturated heterocycles. The number of anilines is 1. The summed E-state index contributed by atoms with van der Waals surface area (Å²) in [6, 6.07) is 5.48. The van der Waals surface area contributed by atoms with Gasteiger partial charge in [-0.05, 0) is 36.1 Å². The molecule has 1 atom stereocenters. The smallest absolute Gasteiger partial charge is 0.324 e. The van der Waals surface area contributed by atoms with Gasteiger partial charge in [0.2, 0.25) is 5.91 Å². The van der Waals surface area contributed by atoms with Crippen molar-refractivity contribution in [3.63, 3.8) is 0 Å². The lowest BCUT2D eigenvalue weighted by atomic mass is 9.88. The molecule has 1 heterocycles. The number of hydrogen-bond donors (Lipinski definition) is 2. The lowest BCUT2D eigenvalue weighted by molar-refractivity contribution is -0.124. The summed E-state index contributed by atoms with van der Waals surface area (Å²) in [7, 11) is 1.75. The molecule has 1 aliphatic carbocycles. The molecule has 1 aliphatic heterocycles. The van der Waals surface area contributed by atoms with Crippen molar-refractivity contribution in [1.29, 1.82) is 0 Å². The van der Waals surface area contributed by atoms with Crippen LogP contribution in [0.2, 0.25) is 0 Å². The average molecular weight is 245 g/mol. The molecule has 2 aliphatic rings. The van der Waals surface area contributed by atoms with E-state index < -0.39 is 5.54 Å². The minimum absolute atomic E-state index is 0.195. The van der Waals surface area contributed by atoms with Crippen LogP contribution in [-0.2, 0) is 17.6 Å². The van der Waals surface area contributed by atoms with Gasteiger partial charge >= 0.3 is 6.03 Å². The van der Waals surface area contributed by atoms with Gasteiger partial charge < -0.3 is 10.6 Å². The van der Waals surface area contributed by atoms with Crippen molar-refractivity contribution in [1.82, 2.24) is 10.2 Å². The van der Waals surface area contributed by atoms with Crippen molar-refractivity contribution in [2.45, 2.75) is 24.8 Å². The van der Waals surface area contributed by atoms with Crippen LogP contribution >= 0.6 is 0 Å². The second-order valence-corrected chi connectivity index (χ2v) is 5.20. The number of carbonyl (C=O) groups excluding carboxylic acids is 2. The fraction of sp³-hybridized carbons (Fsp3) is 0.385. The van der Waals surface area contributed by atoms with E-state index in [2.05, 4.69) is 5.32 Å². The number of nitrogens with zero attached hydrogens (tertiary/aromatic N) is 1. The maximum Gasteiger partial charge on any atom is 0.324 e. The zero-order valence-electron chi connectivity index (χ0n) is 10.2. The Morgan fingerprint density at radius 3 is 2.72 bits per heavy atom. The van der Waals surface area contributed by atoms with E-state index in [1.54, 1.807) is 11.9 Å². The molecule has 5 nitrogen and oxygen atoms in total. The second kappa shape index (κ2) is 3.48. The van der Waals surface area contributed by atoms with Gasteiger partial charge in [0.15, 0.2) is 0 Å². The van der Waals surface area contributed by atoms with Gasteiger partial charge in [-0.15, -0.1) is 0 Å². The zero-order valence-corrected chi connectivity index (χ0v) is 10.2. The van der Waals surface area contributed by atoms with E-state index in [9.17, 15) is 9.59 Å². The predicted octanol–water partition coefficient (Wildman–Crippen LogP) is 0.678. The summed E-state index contributed by atoms with van der Waals surface area (Å²) < 4.78 is 0. The van der Waals surface area contributed by atoms with Gasteiger partial charge in [0.1, 0.15) is 0 Å². The molecule has 1 aromatic carbocycles. The maximum absolute atomic E-state index is 11.8. The topological polar surface area (TPSA) is 75.4 Å². The number of likely N-dealkylation sites (N-methyl/N-ethyl adjacent to an activating group) is 1. The molecule has 0 saturated carbocycles. The quantitative estimate of drug-likeness (QED) is 0.660. The first-order valence-electron chi connectivity index (χ1n) is 5.95. The van der Waals surface area contributed by atoms with Crippen molar-refractivity contribution in [2.24, 2.45) is 0 Å². The number of carbonyl (C=O) groups is 2. The highest BCUT2D eigenvalue weighted by Gasteiger charge is 2.47. The number of nitrogens with one attached hydrogen (secondary N) is 1. The van der Waals surface area contributed by atoms with E-state index in [0.717, 1.165) is 17.7 Å². The van der Waals surface area contributed by atoms with Crippen molar-refractivity contribution in [2.75, 3.05) is 12.8 Å². The third-order valence-corrected chi connectivity index (χ3v) is 4.02. The number of amides is 3. The van der Waals surface area contributed by atoms with Gasteiger partial charge in [0.05, 0.1) is 12.0 Å². The van der Waals surface area contributed by atoms with Crippen LogP contribution in [0.25, 0.3) is 0 Å². The van der Waals surface area contributed by atoms with Gasteiger partial charge in [-0.25, -0.2) is 4.79 Å². The molecular formula is C13H15N3O2. The van der Waals surface area contributed by atoms with Crippen LogP contribution < -0.4 is 11.1 Å². The van der Waals surface area contributed by atoms with Crippen LogP contribution in [-0.4, -0.2) is 29.4 Å². The molecule has 18 heavy (non-hydrogen) atoms. The highest BCUT2D eigenvalue weighted by atomic mass is 16.2. The van der Waals surface area contributed by atoms with Gasteiger partial charge in [-0.2, -0.15) is 0 Å². The Balaban J connectivity index is 1.99. The number of nitrogen functional groups attached to an aromatic ring is 1. The van der Waals surface area contributed by atoms with Gasteiger partial charge in [0.25, 0.3) is 0 Å². The zero-order chi connectivity index (χ0) is 12.9. The van der Waals surface area contributed by atoms with Crippen LogP contribution in [0.4, 0.5) is 10.5 Å². The van der Waals surface area contributed by atoms with E-state index in [1.165, 1.54) is 5.56 Å². The molecule has 3 rings (SSSR count). The number of urea groups is 1. The molecule has 1 spiro atoms. The Labute approximate surface area is 105 Å². The summed E-state index contributed by atoms with van der Waals surface area (Å²) >= 11 is 0. The number of nitrogens with two attached hydrogens (primary N) is 1. The summed E-state index contributed by atoms with van der Waals surface area (Å²) in [5.74, 6) is -0.195. The number of hydrogen-bond acceptors (Lipinski definition) is 3.